The molecule has 1 saturated carbocycles. The van der Waals surface area contributed by atoms with Crippen molar-refractivity contribution in [3.63, 3.8) is 0 Å². The van der Waals surface area contributed by atoms with Crippen LogP contribution >= 0.6 is 0 Å². The molecule has 1 aliphatic carbocycles. The van der Waals surface area contributed by atoms with Crippen molar-refractivity contribution in [1.82, 2.24) is 5.32 Å². The smallest absolute Gasteiger partial charge is 0.318 e. The fraction of sp³-hybridized carbons (Fsp3) is 0.562. The lowest BCUT2D eigenvalue weighted by Gasteiger charge is -2.29. The van der Waals surface area contributed by atoms with Crippen molar-refractivity contribution in [2.75, 3.05) is 17.7 Å². The van der Waals surface area contributed by atoms with Crippen LogP contribution in [0, 0.1) is 5.92 Å². The van der Waals surface area contributed by atoms with Gasteiger partial charge in [-0.1, -0.05) is 26.2 Å². The van der Waals surface area contributed by atoms with Gasteiger partial charge in [0.05, 0.1) is 0 Å². The lowest BCUT2D eigenvalue weighted by atomic mass is 9.84. The highest BCUT2D eigenvalue weighted by Crippen LogP contribution is 2.28. The maximum absolute atomic E-state index is 11.2. The fourth-order valence-corrected chi connectivity index (χ4v) is 2.87. The highest BCUT2D eigenvalue weighted by atomic mass is 16.2. The van der Waals surface area contributed by atoms with E-state index in [9.17, 15) is 4.79 Å². The van der Waals surface area contributed by atoms with Gasteiger partial charge < -0.3 is 16.0 Å². The van der Waals surface area contributed by atoms with E-state index in [2.05, 4.69) is 22.9 Å². The summed E-state index contributed by atoms with van der Waals surface area (Å²) in [4.78, 5) is 11.2. The van der Waals surface area contributed by atoms with Gasteiger partial charge in [-0.2, -0.15) is 0 Å². The molecule has 2 amide bonds. The molecule has 20 heavy (non-hydrogen) atoms. The number of amides is 2. The maximum atomic E-state index is 11.2. The van der Waals surface area contributed by atoms with Crippen molar-refractivity contribution in [3.8, 4) is 0 Å². The molecule has 0 saturated heterocycles. The van der Waals surface area contributed by atoms with Gasteiger partial charge in [-0.3, -0.25) is 0 Å². The predicted molar refractivity (Wildman–Crippen MR) is 84.2 cm³/mol. The molecular formula is C16H25N3O. The number of nitrogens with one attached hydrogen (secondary N) is 3. The summed E-state index contributed by atoms with van der Waals surface area (Å²) in [5.41, 5.74) is 1.94. The van der Waals surface area contributed by atoms with Gasteiger partial charge in [0.15, 0.2) is 0 Å². The Labute approximate surface area is 121 Å². The van der Waals surface area contributed by atoms with Crippen LogP contribution in [0.2, 0.25) is 0 Å². The molecule has 0 radical (unpaired) electrons. The molecule has 0 heterocycles. The van der Waals surface area contributed by atoms with Crippen LogP contribution in [0.3, 0.4) is 0 Å². The summed E-state index contributed by atoms with van der Waals surface area (Å²) >= 11 is 0. The van der Waals surface area contributed by atoms with Gasteiger partial charge in [-0.15, -0.1) is 0 Å². The molecule has 2 unspecified atom stereocenters. The zero-order valence-corrected chi connectivity index (χ0v) is 12.4. The predicted octanol–water partition coefficient (Wildman–Crippen LogP) is 3.82. The summed E-state index contributed by atoms with van der Waals surface area (Å²) in [5.74, 6) is 0.871. The molecule has 0 bridgehead atoms. The van der Waals surface area contributed by atoms with Gasteiger partial charge in [-0.25, -0.2) is 4.79 Å². The highest BCUT2D eigenvalue weighted by molar-refractivity contribution is 5.89. The van der Waals surface area contributed by atoms with Crippen molar-refractivity contribution in [2.24, 2.45) is 5.92 Å². The van der Waals surface area contributed by atoms with E-state index in [0.29, 0.717) is 6.04 Å². The van der Waals surface area contributed by atoms with Gasteiger partial charge >= 0.3 is 6.03 Å². The molecule has 0 aromatic heterocycles. The maximum Gasteiger partial charge on any atom is 0.318 e. The third kappa shape index (κ3) is 4.15. The quantitative estimate of drug-likeness (QED) is 0.782. The number of anilines is 2. The first kappa shape index (κ1) is 14.7. The number of hydrogen-bond acceptors (Lipinski definition) is 2. The average Bonchev–Trinajstić information content (AvgIpc) is 2.49. The van der Waals surface area contributed by atoms with Crippen molar-refractivity contribution >= 4 is 17.4 Å². The topological polar surface area (TPSA) is 53.2 Å². The standard InChI is InChI=1S/C16H25N3O/c1-3-12-5-4-6-15(11-12)18-13-7-9-14(10-8-13)19-16(20)17-2/h7-10,12,15,18H,3-6,11H2,1-2H3,(H2,17,19,20). The van der Waals surface area contributed by atoms with Crippen LogP contribution < -0.4 is 16.0 Å². The molecule has 2 atom stereocenters. The molecule has 110 valence electrons. The van der Waals surface area contributed by atoms with Crippen LogP contribution in [-0.2, 0) is 0 Å². The molecule has 1 fully saturated rings. The molecule has 2 rings (SSSR count). The van der Waals surface area contributed by atoms with E-state index < -0.39 is 0 Å². The molecule has 4 heteroatoms. The molecule has 3 N–H and O–H groups in total. The third-order valence-electron chi connectivity index (χ3n) is 4.10. The van der Waals surface area contributed by atoms with Crippen LogP contribution in [0.1, 0.15) is 39.0 Å². The van der Waals surface area contributed by atoms with Gasteiger partial charge in [0.25, 0.3) is 0 Å². The number of benzene rings is 1. The van der Waals surface area contributed by atoms with E-state index in [1.807, 2.05) is 24.3 Å². The summed E-state index contributed by atoms with van der Waals surface area (Å²) < 4.78 is 0. The van der Waals surface area contributed by atoms with E-state index in [4.69, 9.17) is 0 Å². The van der Waals surface area contributed by atoms with Crippen LogP contribution in [0.4, 0.5) is 16.2 Å². The fourth-order valence-electron chi connectivity index (χ4n) is 2.87. The summed E-state index contributed by atoms with van der Waals surface area (Å²) in [6.07, 6.45) is 6.52. The summed E-state index contributed by atoms with van der Waals surface area (Å²) in [5, 5.41) is 8.91. The summed E-state index contributed by atoms with van der Waals surface area (Å²) in [7, 11) is 1.61. The van der Waals surface area contributed by atoms with Gasteiger partial charge in [-0.05, 0) is 43.0 Å². The Morgan fingerprint density at radius 1 is 1.20 bits per heavy atom. The molecule has 0 aliphatic heterocycles. The molecule has 1 aliphatic rings. The second-order valence-corrected chi connectivity index (χ2v) is 5.56. The Hall–Kier alpha value is -1.71. The van der Waals surface area contributed by atoms with E-state index >= 15 is 0 Å². The van der Waals surface area contributed by atoms with Crippen LogP contribution in [0.25, 0.3) is 0 Å². The number of carbonyl (C=O) groups excluding carboxylic acids is 1. The zero-order valence-electron chi connectivity index (χ0n) is 12.4. The molecule has 1 aromatic rings. The van der Waals surface area contributed by atoms with Crippen LogP contribution in [0.5, 0.6) is 0 Å². The van der Waals surface area contributed by atoms with Crippen LogP contribution in [0.15, 0.2) is 24.3 Å². The van der Waals surface area contributed by atoms with E-state index in [1.54, 1.807) is 7.05 Å². The normalized spacial score (nSPS) is 22.1. The number of rotatable bonds is 4. The molecule has 0 spiro atoms. The first-order valence-corrected chi connectivity index (χ1v) is 7.56. The first-order valence-electron chi connectivity index (χ1n) is 7.56. The summed E-state index contributed by atoms with van der Waals surface area (Å²) in [6.45, 7) is 2.28. The minimum atomic E-state index is -0.191. The van der Waals surface area contributed by atoms with Gasteiger partial charge in [0.2, 0.25) is 0 Å². The van der Waals surface area contributed by atoms with Crippen LogP contribution in [-0.4, -0.2) is 19.1 Å². The number of carbonyl (C=O) groups is 1. The Balaban J connectivity index is 1.88. The number of urea groups is 1. The van der Waals surface area contributed by atoms with E-state index in [-0.39, 0.29) is 6.03 Å². The summed E-state index contributed by atoms with van der Waals surface area (Å²) in [6, 6.07) is 8.31. The Morgan fingerprint density at radius 3 is 2.55 bits per heavy atom. The average molecular weight is 275 g/mol. The molecule has 1 aromatic carbocycles. The Morgan fingerprint density at radius 2 is 1.90 bits per heavy atom. The SMILES string of the molecule is CCC1CCCC(Nc2ccc(NC(=O)NC)cc2)C1. The Kier molecular flexibility index (Phi) is 5.27. The largest absolute Gasteiger partial charge is 0.382 e. The number of hydrogen-bond donors (Lipinski definition) is 3. The lowest BCUT2D eigenvalue weighted by molar-refractivity contribution is 0.254. The van der Waals surface area contributed by atoms with Crippen molar-refractivity contribution < 1.29 is 4.79 Å². The zero-order chi connectivity index (χ0) is 14.4. The van der Waals surface area contributed by atoms with E-state index in [1.165, 1.54) is 32.1 Å². The second kappa shape index (κ2) is 7.17. The Bertz CT molecular complexity index is 430. The minimum Gasteiger partial charge on any atom is -0.382 e. The van der Waals surface area contributed by atoms with E-state index in [0.717, 1.165) is 17.3 Å². The second-order valence-electron chi connectivity index (χ2n) is 5.56. The lowest BCUT2D eigenvalue weighted by Crippen LogP contribution is -2.27. The van der Waals surface area contributed by atoms with Crippen molar-refractivity contribution in [3.05, 3.63) is 24.3 Å². The monoisotopic (exact) mass is 275 g/mol. The highest BCUT2D eigenvalue weighted by Gasteiger charge is 2.20. The molecular weight excluding hydrogens is 250 g/mol. The first-order chi connectivity index (χ1) is 9.71. The third-order valence-corrected chi connectivity index (χ3v) is 4.10. The van der Waals surface area contributed by atoms with Crippen molar-refractivity contribution in [2.45, 2.75) is 45.1 Å². The van der Waals surface area contributed by atoms with Gasteiger partial charge in [0.1, 0.15) is 0 Å². The molecule has 4 nitrogen and oxygen atoms in total. The van der Waals surface area contributed by atoms with Gasteiger partial charge in [0, 0.05) is 24.5 Å². The van der Waals surface area contributed by atoms with Crippen molar-refractivity contribution in [1.29, 1.82) is 0 Å². The minimum absolute atomic E-state index is 0.191.